The predicted octanol–water partition coefficient (Wildman–Crippen LogP) is 8.81. The SMILES string of the molecule is CO.COc1ccc(Nc2nc(NC3CCCCCC3)nc(N(C)C3CCN(C)CC3)n2)cc1F.COc1ccc(Nc2nc(NC3CCCCCC3)nc(N(C)C3CCN(C)CC3)n2)cc1F.O=C(O)CCCOO. The molecule has 4 fully saturated rings. The van der Waals surface area contributed by atoms with E-state index in [4.69, 9.17) is 44.9 Å². The van der Waals surface area contributed by atoms with Crippen LogP contribution in [-0.2, 0) is 9.68 Å². The number of ether oxygens (including phenoxy) is 2. The molecular weight excluding hydrogens is 983 g/mol. The number of nitrogens with zero attached hydrogens (tertiary/aromatic N) is 10. The van der Waals surface area contributed by atoms with E-state index < -0.39 is 17.6 Å². The van der Waals surface area contributed by atoms with Gasteiger partial charge >= 0.3 is 5.97 Å². The van der Waals surface area contributed by atoms with Crippen LogP contribution < -0.4 is 40.5 Å². The van der Waals surface area contributed by atoms with E-state index in [0.717, 1.165) is 84.7 Å². The van der Waals surface area contributed by atoms with E-state index in [1.807, 2.05) is 0 Å². The van der Waals surface area contributed by atoms with Crippen LogP contribution in [0.4, 0.5) is 55.8 Å². The summed E-state index contributed by atoms with van der Waals surface area (Å²) in [5.74, 6) is 1.88. The standard InChI is InChI=1S/2C24H36FN7O.C4H8O4.CH4O/c2*1-31-14-12-19(13-15-31)32(2)24-29-22(26-17-8-6-4-5-7-9-17)28-23(30-24)27-18-10-11-21(33-3)20(25)16-18;5-4(6)2-1-3-8-7;1-2/h2*10-11,16-17,19H,4-9,12-15H2,1-3H3,(H2,26,27,28,29,30);7H,1-3H2,(H,5,6);2H,1H3. The normalized spacial score (nSPS) is 17.1. The van der Waals surface area contributed by atoms with Crippen molar-refractivity contribution in [2.75, 3.05) is 113 Å². The third-order valence-electron chi connectivity index (χ3n) is 14.2. The Kier molecular flexibility index (Phi) is 26.1. The number of piperidine rings is 2. The minimum absolute atomic E-state index is 0.0422. The van der Waals surface area contributed by atoms with Crippen molar-refractivity contribution in [3.63, 3.8) is 0 Å². The van der Waals surface area contributed by atoms with Crippen molar-refractivity contribution in [2.45, 2.75) is 140 Å². The number of aliphatic hydroxyl groups is 1. The Morgan fingerprint density at radius 1 is 0.605 bits per heavy atom. The summed E-state index contributed by atoms with van der Waals surface area (Å²) in [5.41, 5.74) is 1.13. The molecule has 0 radical (unpaired) electrons. The third-order valence-corrected chi connectivity index (χ3v) is 14.2. The lowest BCUT2D eigenvalue weighted by atomic mass is 10.0. The molecule has 2 aromatic carbocycles. The summed E-state index contributed by atoms with van der Waals surface area (Å²) in [6.07, 6.45) is 19.2. The van der Waals surface area contributed by atoms with Gasteiger partial charge in [0.2, 0.25) is 35.7 Å². The maximum Gasteiger partial charge on any atom is 0.303 e. The lowest BCUT2D eigenvalue weighted by Gasteiger charge is -2.35. The van der Waals surface area contributed by atoms with Crippen molar-refractivity contribution in [3.8, 4) is 11.5 Å². The minimum Gasteiger partial charge on any atom is -0.494 e. The number of methoxy groups -OCH3 is 2. The fraction of sp³-hybridized carbons (Fsp3) is 0.642. The van der Waals surface area contributed by atoms with Crippen LogP contribution in [0.25, 0.3) is 0 Å². The number of aliphatic carboxylic acids is 1. The molecule has 0 atom stereocenters. The lowest BCUT2D eigenvalue weighted by molar-refractivity contribution is -0.242. The highest BCUT2D eigenvalue weighted by Crippen LogP contribution is 2.29. The molecule has 4 aliphatic rings. The fourth-order valence-corrected chi connectivity index (χ4v) is 9.62. The van der Waals surface area contributed by atoms with E-state index in [1.165, 1.54) is 77.7 Å². The van der Waals surface area contributed by atoms with Crippen LogP contribution in [0.3, 0.4) is 0 Å². The van der Waals surface area contributed by atoms with Crippen molar-refractivity contribution in [2.24, 2.45) is 0 Å². The van der Waals surface area contributed by atoms with Gasteiger partial charge in [-0.2, -0.15) is 29.9 Å². The van der Waals surface area contributed by atoms with Gasteiger partial charge in [-0.05, 0) is 122 Å². The first-order chi connectivity index (χ1) is 36.8. The van der Waals surface area contributed by atoms with Gasteiger partial charge in [-0.25, -0.2) is 13.7 Å². The largest absolute Gasteiger partial charge is 0.494 e. The molecule has 7 N–H and O–H groups in total. The zero-order valence-electron chi connectivity index (χ0n) is 45.7. The van der Waals surface area contributed by atoms with Gasteiger partial charge in [0.25, 0.3) is 0 Å². The molecule has 2 aromatic heterocycles. The Labute approximate surface area is 447 Å². The number of halogens is 2. The third kappa shape index (κ3) is 20.2. The number of aromatic nitrogens is 6. The van der Waals surface area contributed by atoms with Gasteiger partial charge in [0.1, 0.15) is 0 Å². The van der Waals surface area contributed by atoms with Gasteiger partial charge in [-0.3, -0.25) is 10.1 Å². The highest BCUT2D eigenvalue weighted by Gasteiger charge is 2.26. The number of benzene rings is 2. The first kappa shape index (κ1) is 60.9. The number of nitrogens with one attached hydrogen (secondary N) is 4. The van der Waals surface area contributed by atoms with Gasteiger partial charge in [0.15, 0.2) is 23.1 Å². The van der Waals surface area contributed by atoms with E-state index in [1.54, 1.807) is 24.3 Å². The van der Waals surface area contributed by atoms with Gasteiger partial charge < -0.3 is 60.6 Å². The quantitative estimate of drug-likeness (QED) is 0.0213. The second-order valence-electron chi connectivity index (χ2n) is 19.8. The molecule has 23 heteroatoms. The van der Waals surface area contributed by atoms with Gasteiger partial charge in [-0.15, -0.1) is 0 Å². The van der Waals surface area contributed by atoms with E-state index in [0.29, 0.717) is 77.7 Å². The summed E-state index contributed by atoms with van der Waals surface area (Å²) in [7, 11) is 12.3. The van der Waals surface area contributed by atoms with Gasteiger partial charge in [0.05, 0.1) is 20.8 Å². The Bertz CT molecular complexity index is 2170. The molecule has 76 heavy (non-hydrogen) atoms. The number of rotatable bonds is 18. The Balaban J connectivity index is 0.000000239. The minimum atomic E-state index is -0.873. The van der Waals surface area contributed by atoms with Crippen molar-refractivity contribution < 1.29 is 43.4 Å². The molecule has 0 amide bonds. The van der Waals surface area contributed by atoms with Crippen LogP contribution in [0, 0.1) is 11.6 Å². The average molecular weight is 1070 g/mol. The zero-order valence-corrected chi connectivity index (χ0v) is 45.7. The number of carboxylic acid groups (broad SMARTS) is 1. The number of carboxylic acids is 1. The smallest absolute Gasteiger partial charge is 0.303 e. The number of anilines is 8. The van der Waals surface area contributed by atoms with Gasteiger partial charge in [-0.1, -0.05) is 51.4 Å². The molecule has 4 aromatic rings. The first-order valence-corrected chi connectivity index (χ1v) is 26.8. The van der Waals surface area contributed by atoms with E-state index in [9.17, 15) is 13.6 Å². The van der Waals surface area contributed by atoms with Crippen LogP contribution >= 0.6 is 0 Å². The predicted molar refractivity (Wildman–Crippen MR) is 294 cm³/mol. The highest BCUT2D eigenvalue weighted by molar-refractivity contribution is 5.66. The molecule has 2 aliphatic heterocycles. The Morgan fingerprint density at radius 2 is 0.974 bits per heavy atom. The van der Waals surface area contributed by atoms with Crippen molar-refractivity contribution >= 4 is 53.0 Å². The lowest BCUT2D eigenvalue weighted by Crippen LogP contribution is -2.42. The molecule has 21 nitrogen and oxygen atoms in total. The van der Waals surface area contributed by atoms with Crippen molar-refractivity contribution in [3.05, 3.63) is 48.0 Å². The van der Waals surface area contributed by atoms with Crippen molar-refractivity contribution in [1.29, 1.82) is 0 Å². The van der Waals surface area contributed by atoms with E-state index in [-0.39, 0.29) is 24.5 Å². The molecule has 0 bridgehead atoms. The maximum atomic E-state index is 14.2. The van der Waals surface area contributed by atoms with Crippen LogP contribution in [-0.4, -0.2) is 168 Å². The first-order valence-electron chi connectivity index (χ1n) is 26.8. The molecule has 4 heterocycles. The Morgan fingerprint density at radius 3 is 1.30 bits per heavy atom. The zero-order chi connectivity index (χ0) is 54.8. The number of aliphatic hydroxyl groups excluding tert-OH is 1. The summed E-state index contributed by atoms with van der Waals surface area (Å²) < 4.78 is 38.5. The van der Waals surface area contributed by atoms with Crippen LogP contribution in [0.5, 0.6) is 11.5 Å². The van der Waals surface area contributed by atoms with Gasteiger partial charge in [0, 0.05) is 75.3 Å². The Hall–Kier alpha value is -6.01. The summed E-state index contributed by atoms with van der Waals surface area (Å²) in [6.45, 7) is 4.33. The average Bonchev–Trinajstić information content (AvgIpc) is 3.85. The molecule has 0 spiro atoms. The van der Waals surface area contributed by atoms with E-state index in [2.05, 4.69) is 83.9 Å². The summed E-state index contributed by atoms with van der Waals surface area (Å²) in [4.78, 5) is 50.6. The number of hydrogen-bond donors (Lipinski definition) is 7. The summed E-state index contributed by atoms with van der Waals surface area (Å²) in [6, 6.07) is 11.0. The van der Waals surface area contributed by atoms with Crippen LogP contribution in [0.15, 0.2) is 36.4 Å². The van der Waals surface area contributed by atoms with Crippen LogP contribution in [0.1, 0.15) is 116 Å². The second kappa shape index (κ2) is 32.5. The fourth-order valence-electron chi connectivity index (χ4n) is 9.62. The molecule has 2 aliphatic carbocycles. The number of hydrogen-bond acceptors (Lipinski definition) is 20. The molecular formula is C53H84F2N14O7. The molecule has 2 saturated carbocycles. The van der Waals surface area contributed by atoms with E-state index >= 15 is 0 Å². The number of carbonyl (C=O) groups is 1. The molecule has 0 unspecified atom stereocenters. The summed E-state index contributed by atoms with van der Waals surface area (Å²) >= 11 is 0. The highest BCUT2D eigenvalue weighted by atomic mass is 19.1. The molecule has 2 saturated heterocycles. The monoisotopic (exact) mass is 1070 g/mol. The number of likely N-dealkylation sites (tertiary alicyclic amines) is 2. The maximum absolute atomic E-state index is 14.2. The second-order valence-corrected chi connectivity index (χ2v) is 19.8. The molecule has 422 valence electrons. The summed E-state index contributed by atoms with van der Waals surface area (Å²) in [5, 5.41) is 36.1. The molecule has 8 rings (SSSR count). The van der Waals surface area contributed by atoms with Crippen LogP contribution in [0.2, 0.25) is 0 Å². The topological polar surface area (TPSA) is 244 Å². The van der Waals surface area contributed by atoms with Crippen molar-refractivity contribution in [1.82, 2.24) is 39.7 Å².